The molecule has 0 aliphatic carbocycles. The third kappa shape index (κ3) is 6.44. The first-order valence-electron chi connectivity index (χ1n) is 13.5. The molecule has 5 aromatic rings. The van der Waals surface area contributed by atoms with Crippen LogP contribution in [0, 0.1) is 5.92 Å². The van der Waals surface area contributed by atoms with Crippen LogP contribution >= 0.6 is 0 Å². The van der Waals surface area contributed by atoms with Gasteiger partial charge >= 0.3 is 5.69 Å². The minimum atomic E-state index is -4.01. The van der Waals surface area contributed by atoms with E-state index in [0.717, 1.165) is 5.56 Å². The van der Waals surface area contributed by atoms with Crippen molar-refractivity contribution in [2.45, 2.75) is 25.3 Å². The quantitative estimate of drug-likeness (QED) is 0.201. The molecular weight excluding hydrogens is 554 g/mol. The van der Waals surface area contributed by atoms with Crippen LogP contribution < -0.4 is 24.6 Å². The summed E-state index contributed by atoms with van der Waals surface area (Å²) in [4.78, 5) is 12.7. The molecule has 1 heterocycles. The molecule has 0 saturated carbocycles. The van der Waals surface area contributed by atoms with Crippen molar-refractivity contribution < 1.29 is 22.6 Å². The minimum Gasteiger partial charge on any atom is -0.493 e. The smallest absolute Gasteiger partial charge is 0.328 e. The molecule has 0 unspecified atom stereocenters. The fourth-order valence-corrected chi connectivity index (χ4v) is 5.43. The summed E-state index contributed by atoms with van der Waals surface area (Å²) in [6, 6.07) is 26.3. The van der Waals surface area contributed by atoms with Gasteiger partial charge in [-0.2, -0.15) is 0 Å². The van der Waals surface area contributed by atoms with Gasteiger partial charge in [0.2, 0.25) is 0 Å². The SMILES string of the molecule is CC(C)COc1ccc(S(=O)(=O)Nc2cc3c(cc2Oc2cccc(OCc4ccccc4)c2)n(C)c(=O)n3C)cc1. The van der Waals surface area contributed by atoms with Gasteiger partial charge in [-0.25, -0.2) is 13.2 Å². The molecule has 5 rings (SSSR count). The predicted molar refractivity (Wildman–Crippen MR) is 163 cm³/mol. The average molecular weight is 588 g/mol. The Bertz CT molecular complexity index is 1860. The maximum atomic E-state index is 13.4. The van der Waals surface area contributed by atoms with Crippen molar-refractivity contribution in [3.8, 4) is 23.0 Å². The number of anilines is 1. The fourth-order valence-electron chi connectivity index (χ4n) is 4.37. The minimum absolute atomic E-state index is 0.0590. The van der Waals surface area contributed by atoms with E-state index in [9.17, 15) is 13.2 Å². The number of ether oxygens (including phenoxy) is 3. The van der Waals surface area contributed by atoms with Crippen LogP contribution in [0.15, 0.2) is 101 Å². The van der Waals surface area contributed by atoms with Crippen LogP contribution in [-0.4, -0.2) is 24.2 Å². The second kappa shape index (κ2) is 12.0. The number of benzene rings is 4. The Morgan fingerprint density at radius 2 is 1.43 bits per heavy atom. The Morgan fingerprint density at radius 1 is 0.762 bits per heavy atom. The Labute approximate surface area is 245 Å². The maximum absolute atomic E-state index is 13.4. The number of nitrogens with zero attached hydrogens (tertiary/aromatic N) is 2. The molecule has 42 heavy (non-hydrogen) atoms. The largest absolute Gasteiger partial charge is 0.493 e. The number of imidazole rings is 1. The molecule has 9 nitrogen and oxygen atoms in total. The highest BCUT2D eigenvalue weighted by Crippen LogP contribution is 2.36. The molecule has 1 aromatic heterocycles. The third-order valence-electron chi connectivity index (χ3n) is 6.62. The van der Waals surface area contributed by atoms with E-state index in [1.807, 2.05) is 50.2 Å². The van der Waals surface area contributed by atoms with Gasteiger partial charge in [0.05, 0.1) is 28.2 Å². The topological polar surface area (TPSA) is 101 Å². The summed E-state index contributed by atoms with van der Waals surface area (Å²) in [5, 5.41) is 0. The number of hydrogen-bond acceptors (Lipinski definition) is 6. The molecule has 10 heteroatoms. The van der Waals surface area contributed by atoms with Gasteiger partial charge in [0, 0.05) is 26.2 Å². The van der Waals surface area contributed by atoms with E-state index in [1.54, 1.807) is 56.6 Å². The highest BCUT2D eigenvalue weighted by atomic mass is 32.2. The number of aromatic nitrogens is 2. The highest BCUT2D eigenvalue weighted by Gasteiger charge is 2.21. The molecule has 218 valence electrons. The number of hydrogen-bond donors (Lipinski definition) is 1. The van der Waals surface area contributed by atoms with Crippen LogP contribution in [0.5, 0.6) is 23.0 Å². The Kier molecular flexibility index (Phi) is 8.26. The molecule has 0 radical (unpaired) electrons. The van der Waals surface area contributed by atoms with E-state index in [2.05, 4.69) is 4.72 Å². The second-order valence-corrected chi connectivity index (χ2v) is 12.1. The first-order chi connectivity index (χ1) is 20.1. The molecule has 0 saturated heterocycles. The summed E-state index contributed by atoms with van der Waals surface area (Å²) in [7, 11) is -0.729. The van der Waals surface area contributed by atoms with Gasteiger partial charge in [-0.05, 0) is 53.9 Å². The summed E-state index contributed by atoms with van der Waals surface area (Å²) in [6.07, 6.45) is 0. The zero-order valence-electron chi connectivity index (χ0n) is 23.9. The molecule has 1 N–H and O–H groups in total. The van der Waals surface area contributed by atoms with Gasteiger partial charge < -0.3 is 14.2 Å². The molecule has 0 aliphatic heterocycles. The first kappa shape index (κ1) is 28.8. The van der Waals surface area contributed by atoms with Gasteiger partial charge in [0.25, 0.3) is 10.0 Å². The summed E-state index contributed by atoms with van der Waals surface area (Å²) in [6.45, 7) is 4.99. The Hall–Kier alpha value is -4.70. The van der Waals surface area contributed by atoms with E-state index in [-0.39, 0.29) is 22.0 Å². The molecule has 4 aromatic carbocycles. The zero-order valence-corrected chi connectivity index (χ0v) is 24.7. The predicted octanol–water partition coefficient (Wildman–Crippen LogP) is 6.08. The van der Waals surface area contributed by atoms with Gasteiger partial charge in [0.15, 0.2) is 5.75 Å². The van der Waals surface area contributed by atoms with E-state index < -0.39 is 10.0 Å². The van der Waals surface area contributed by atoms with Crippen molar-refractivity contribution in [3.05, 3.63) is 107 Å². The second-order valence-electron chi connectivity index (χ2n) is 10.4. The van der Waals surface area contributed by atoms with Crippen molar-refractivity contribution in [1.82, 2.24) is 9.13 Å². The average Bonchev–Trinajstić information content (AvgIpc) is 3.19. The monoisotopic (exact) mass is 587 g/mol. The number of aryl methyl sites for hydroxylation is 2. The molecule has 0 fully saturated rings. The Balaban J connectivity index is 1.45. The van der Waals surface area contributed by atoms with Gasteiger partial charge in [-0.3, -0.25) is 13.9 Å². The summed E-state index contributed by atoms with van der Waals surface area (Å²) >= 11 is 0. The van der Waals surface area contributed by atoms with Gasteiger partial charge in [-0.1, -0.05) is 50.2 Å². The highest BCUT2D eigenvalue weighted by molar-refractivity contribution is 7.92. The van der Waals surface area contributed by atoms with Crippen LogP contribution in [0.4, 0.5) is 5.69 Å². The van der Waals surface area contributed by atoms with Crippen LogP contribution in [0.25, 0.3) is 11.0 Å². The zero-order chi connectivity index (χ0) is 29.9. The summed E-state index contributed by atoms with van der Waals surface area (Å²) < 4.78 is 50.3. The summed E-state index contributed by atoms with van der Waals surface area (Å²) in [5.74, 6) is 2.18. The number of sulfonamides is 1. The van der Waals surface area contributed by atoms with E-state index in [0.29, 0.717) is 47.4 Å². The van der Waals surface area contributed by atoms with Crippen molar-refractivity contribution in [2.75, 3.05) is 11.3 Å². The standard InChI is InChI=1S/C32H33N3O6S/c1-22(2)20-39-24-13-15-27(16-14-24)42(37,38)33-28-18-29-30(35(4)32(36)34(29)3)19-31(28)41-26-12-8-11-25(17-26)40-21-23-9-6-5-7-10-23/h5-19,22,33H,20-21H2,1-4H3. The van der Waals surface area contributed by atoms with Crippen molar-refractivity contribution >= 4 is 26.7 Å². The lowest BCUT2D eigenvalue weighted by Gasteiger charge is -2.16. The molecule has 0 spiro atoms. The first-order valence-corrected chi connectivity index (χ1v) is 15.0. The molecule has 0 bridgehead atoms. The number of nitrogens with one attached hydrogen (secondary N) is 1. The van der Waals surface area contributed by atoms with Crippen molar-refractivity contribution in [2.24, 2.45) is 20.0 Å². The number of fused-ring (bicyclic) bond motifs is 1. The Morgan fingerprint density at radius 3 is 2.12 bits per heavy atom. The van der Waals surface area contributed by atoms with Crippen LogP contribution in [0.1, 0.15) is 19.4 Å². The van der Waals surface area contributed by atoms with Gasteiger partial charge in [-0.15, -0.1) is 0 Å². The molecular formula is C32H33N3O6S. The van der Waals surface area contributed by atoms with E-state index >= 15 is 0 Å². The van der Waals surface area contributed by atoms with Crippen molar-refractivity contribution in [3.63, 3.8) is 0 Å². The lowest BCUT2D eigenvalue weighted by atomic mass is 10.2. The van der Waals surface area contributed by atoms with Crippen LogP contribution in [0.2, 0.25) is 0 Å². The molecule has 0 aliphatic rings. The van der Waals surface area contributed by atoms with E-state index in [4.69, 9.17) is 14.2 Å². The lowest BCUT2D eigenvalue weighted by Crippen LogP contribution is -2.19. The molecule has 0 atom stereocenters. The fraction of sp³-hybridized carbons (Fsp3) is 0.219. The van der Waals surface area contributed by atoms with Crippen LogP contribution in [-0.2, 0) is 30.7 Å². The van der Waals surface area contributed by atoms with E-state index in [1.165, 1.54) is 21.3 Å². The molecule has 0 amide bonds. The maximum Gasteiger partial charge on any atom is 0.328 e. The number of rotatable bonds is 11. The summed E-state index contributed by atoms with van der Waals surface area (Å²) in [5.41, 5.74) is 2.09. The van der Waals surface area contributed by atoms with Crippen LogP contribution in [0.3, 0.4) is 0 Å². The normalized spacial score (nSPS) is 11.5. The third-order valence-corrected chi connectivity index (χ3v) is 8.00. The van der Waals surface area contributed by atoms with Crippen molar-refractivity contribution in [1.29, 1.82) is 0 Å². The lowest BCUT2D eigenvalue weighted by molar-refractivity contribution is 0.271. The van der Waals surface area contributed by atoms with Gasteiger partial charge in [0.1, 0.15) is 23.9 Å².